The first-order valence-electron chi connectivity index (χ1n) is 11.1. The minimum Gasteiger partial charge on any atom is -0.508 e. The van der Waals surface area contributed by atoms with Gasteiger partial charge in [-0.1, -0.05) is 23.8 Å². The summed E-state index contributed by atoms with van der Waals surface area (Å²) in [7, 11) is 0. The molecule has 2 aromatic heterocycles. The second-order valence-corrected chi connectivity index (χ2v) is 8.69. The Morgan fingerprint density at radius 2 is 1.79 bits per heavy atom. The molecule has 34 heavy (non-hydrogen) atoms. The van der Waals surface area contributed by atoms with Gasteiger partial charge in [-0.2, -0.15) is 0 Å². The molecule has 0 aliphatic carbocycles. The van der Waals surface area contributed by atoms with Crippen LogP contribution < -0.4 is 15.7 Å². The summed E-state index contributed by atoms with van der Waals surface area (Å²) >= 11 is 0. The van der Waals surface area contributed by atoms with Gasteiger partial charge in [0.25, 0.3) is 5.56 Å². The first-order valence-corrected chi connectivity index (χ1v) is 11.1. The smallest absolute Gasteiger partial charge is 0.312 e. The van der Waals surface area contributed by atoms with E-state index in [9.17, 15) is 19.5 Å². The van der Waals surface area contributed by atoms with Crippen molar-refractivity contribution in [3.63, 3.8) is 0 Å². The van der Waals surface area contributed by atoms with E-state index in [2.05, 4.69) is 0 Å². The number of phenolic OH excluding ortho intramolecular Hbond substituents is 1. The topological polar surface area (TPSA) is 98.7 Å². The molecule has 172 valence electrons. The number of aromatic hydroxyl groups is 1. The summed E-state index contributed by atoms with van der Waals surface area (Å²) in [4.78, 5) is 39.4. The van der Waals surface area contributed by atoms with Crippen molar-refractivity contribution in [3.8, 4) is 11.5 Å². The van der Waals surface area contributed by atoms with E-state index < -0.39 is 11.9 Å². The molecule has 1 aliphatic rings. The van der Waals surface area contributed by atoms with Crippen molar-refractivity contribution in [1.82, 2.24) is 4.57 Å². The molecular weight excluding hydrogens is 434 g/mol. The van der Waals surface area contributed by atoms with Crippen LogP contribution in [-0.2, 0) is 17.8 Å². The molecule has 0 saturated heterocycles. The van der Waals surface area contributed by atoms with Crippen LogP contribution in [0.3, 0.4) is 0 Å². The van der Waals surface area contributed by atoms with Crippen molar-refractivity contribution in [2.24, 2.45) is 0 Å². The van der Waals surface area contributed by atoms with Crippen LogP contribution >= 0.6 is 0 Å². The number of nitrogens with zero attached hydrogens (tertiary/aromatic N) is 1. The Morgan fingerprint density at radius 3 is 2.56 bits per heavy atom. The highest BCUT2D eigenvalue weighted by atomic mass is 16.5. The molecule has 0 saturated carbocycles. The average Bonchev–Trinajstić information content (AvgIpc) is 2.80. The van der Waals surface area contributed by atoms with Crippen LogP contribution in [0, 0.1) is 13.8 Å². The zero-order valence-electron chi connectivity index (χ0n) is 18.8. The molecule has 0 radical (unpaired) electrons. The summed E-state index contributed by atoms with van der Waals surface area (Å²) in [5.74, 6) is -0.888. The van der Waals surface area contributed by atoms with Gasteiger partial charge in [-0.25, -0.2) is 0 Å². The number of carbonyl (C=O) groups excluding carboxylic acids is 1. The van der Waals surface area contributed by atoms with E-state index in [1.54, 1.807) is 54.0 Å². The predicted octanol–water partition coefficient (Wildman–Crippen LogP) is 3.96. The molecule has 1 atom stereocenters. The highest BCUT2D eigenvalue weighted by Crippen LogP contribution is 2.36. The van der Waals surface area contributed by atoms with Crippen LogP contribution in [-0.4, -0.2) is 15.6 Å². The molecule has 0 fully saturated rings. The lowest BCUT2D eigenvalue weighted by Gasteiger charge is -2.25. The molecule has 7 heteroatoms. The van der Waals surface area contributed by atoms with E-state index in [-0.39, 0.29) is 40.0 Å². The van der Waals surface area contributed by atoms with Gasteiger partial charge in [0.2, 0.25) is 0 Å². The van der Waals surface area contributed by atoms with Gasteiger partial charge in [0, 0.05) is 29.8 Å². The van der Waals surface area contributed by atoms with Gasteiger partial charge in [-0.05, 0) is 50.1 Å². The minimum absolute atomic E-state index is 0.120. The van der Waals surface area contributed by atoms with Gasteiger partial charge < -0.3 is 18.8 Å². The van der Waals surface area contributed by atoms with Gasteiger partial charge >= 0.3 is 5.97 Å². The van der Waals surface area contributed by atoms with Gasteiger partial charge in [0.15, 0.2) is 5.43 Å². The number of rotatable bonds is 4. The number of ether oxygens (including phenoxy) is 1. The van der Waals surface area contributed by atoms with E-state index in [1.807, 2.05) is 13.0 Å². The fourth-order valence-electron chi connectivity index (χ4n) is 4.54. The third kappa shape index (κ3) is 3.79. The fraction of sp³-hybridized carbons (Fsp3) is 0.222. The lowest BCUT2D eigenvalue weighted by molar-refractivity contribution is -0.135. The minimum atomic E-state index is -0.759. The normalized spacial score (nSPS) is 15.2. The number of esters is 1. The maximum Gasteiger partial charge on any atom is 0.312 e. The van der Waals surface area contributed by atoms with E-state index in [1.165, 1.54) is 6.26 Å². The van der Waals surface area contributed by atoms with Crippen LogP contribution in [0.25, 0.3) is 11.0 Å². The molecular formula is C27H23NO6. The first-order chi connectivity index (χ1) is 16.3. The van der Waals surface area contributed by atoms with Crippen molar-refractivity contribution in [1.29, 1.82) is 0 Å². The van der Waals surface area contributed by atoms with E-state index in [0.29, 0.717) is 29.6 Å². The number of carbonyl (C=O) groups is 1. The molecule has 3 heterocycles. The quantitative estimate of drug-likeness (QED) is 0.466. The van der Waals surface area contributed by atoms with Crippen molar-refractivity contribution >= 4 is 16.9 Å². The van der Waals surface area contributed by atoms with Crippen LogP contribution in [0.1, 0.15) is 40.3 Å². The number of aromatic nitrogens is 1. The largest absolute Gasteiger partial charge is 0.508 e. The van der Waals surface area contributed by atoms with E-state index in [0.717, 1.165) is 11.1 Å². The summed E-state index contributed by atoms with van der Waals surface area (Å²) in [6.45, 7) is 4.06. The van der Waals surface area contributed by atoms with Crippen LogP contribution in [0.15, 0.2) is 68.8 Å². The Labute approximate surface area is 194 Å². The molecule has 5 rings (SSSR count). The molecule has 0 spiro atoms. The number of hydrogen-bond donors (Lipinski definition) is 1. The Kier molecular flexibility index (Phi) is 5.32. The number of aryl methyl sites for hydroxylation is 3. The van der Waals surface area contributed by atoms with Gasteiger partial charge in [0.05, 0.1) is 23.6 Å². The zero-order valence-corrected chi connectivity index (χ0v) is 18.8. The zero-order chi connectivity index (χ0) is 24.0. The average molecular weight is 457 g/mol. The maximum absolute atomic E-state index is 13.6. The standard InChI is InChI=1S/C27H23NO6/c1-15-3-8-22-20(11-15)26(31)21(14-33-22)19-13-24(30)34-23-12-16(2)28(27(32)25(19)23)10-9-17-4-6-18(29)7-5-17/h3-8,11-12,14,19,29H,9-10,13H2,1-2H3. The Bertz CT molecular complexity index is 1540. The molecule has 0 amide bonds. The molecule has 7 nitrogen and oxygen atoms in total. The second-order valence-electron chi connectivity index (χ2n) is 8.69. The number of pyridine rings is 1. The first kappa shape index (κ1) is 21.7. The lowest BCUT2D eigenvalue weighted by atomic mass is 9.87. The maximum atomic E-state index is 13.6. The summed E-state index contributed by atoms with van der Waals surface area (Å²) in [5.41, 5.74) is 2.98. The van der Waals surface area contributed by atoms with Crippen LogP contribution in [0.2, 0.25) is 0 Å². The Hall–Kier alpha value is -4.13. The van der Waals surface area contributed by atoms with E-state index in [4.69, 9.17) is 9.15 Å². The van der Waals surface area contributed by atoms with Crippen molar-refractivity contribution in [2.45, 2.75) is 39.2 Å². The van der Waals surface area contributed by atoms with Crippen LogP contribution in [0.4, 0.5) is 0 Å². The number of phenols is 1. The molecule has 1 aliphatic heterocycles. The lowest BCUT2D eigenvalue weighted by Crippen LogP contribution is -2.35. The summed E-state index contributed by atoms with van der Waals surface area (Å²) in [6.07, 6.45) is 1.81. The van der Waals surface area contributed by atoms with Gasteiger partial charge in [-0.15, -0.1) is 0 Å². The fourth-order valence-corrected chi connectivity index (χ4v) is 4.54. The van der Waals surface area contributed by atoms with Crippen molar-refractivity contribution < 1.29 is 19.1 Å². The second kappa shape index (κ2) is 8.33. The highest BCUT2D eigenvalue weighted by molar-refractivity contribution is 5.80. The third-order valence-corrected chi connectivity index (χ3v) is 6.34. The molecule has 1 N–H and O–H groups in total. The van der Waals surface area contributed by atoms with Crippen LogP contribution in [0.5, 0.6) is 11.5 Å². The number of fused-ring (bicyclic) bond motifs is 2. The number of hydrogen-bond acceptors (Lipinski definition) is 6. The summed E-state index contributed by atoms with van der Waals surface area (Å²) in [5, 5.41) is 9.91. The molecule has 0 bridgehead atoms. The Morgan fingerprint density at radius 1 is 1.03 bits per heavy atom. The van der Waals surface area contributed by atoms with Crippen molar-refractivity contribution in [3.05, 3.63) is 103 Å². The molecule has 1 unspecified atom stereocenters. The monoisotopic (exact) mass is 457 g/mol. The molecule has 2 aromatic carbocycles. The third-order valence-electron chi connectivity index (χ3n) is 6.34. The summed E-state index contributed by atoms with van der Waals surface area (Å²) < 4.78 is 12.7. The highest BCUT2D eigenvalue weighted by Gasteiger charge is 2.34. The van der Waals surface area contributed by atoms with Crippen molar-refractivity contribution in [2.75, 3.05) is 0 Å². The SMILES string of the molecule is Cc1ccc2occ(C3CC(=O)Oc4cc(C)n(CCc5ccc(O)cc5)c(=O)c43)c(=O)c2c1. The Balaban J connectivity index is 1.61. The van der Waals surface area contributed by atoms with E-state index >= 15 is 0 Å². The predicted molar refractivity (Wildman–Crippen MR) is 127 cm³/mol. The summed E-state index contributed by atoms with van der Waals surface area (Å²) in [6, 6.07) is 13.8. The van der Waals surface area contributed by atoms with Gasteiger partial charge in [-0.3, -0.25) is 14.4 Å². The van der Waals surface area contributed by atoms with Gasteiger partial charge in [0.1, 0.15) is 17.1 Å². The molecule has 4 aromatic rings. The number of benzene rings is 2.